The number of nitrogens with zero attached hydrogens (tertiary/aromatic N) is 2. The Bertz CT molecular complexity index is 551. The molecule has 0 unspecified atom stereocenters. The maximum atomic E-state index is 5.96. The van der Waals surface area contributed by atoms with Crippen LogP contribution in [0.4, 0.5) is 0 Å². The summed E-state index contributed by atoms with van der Waals surface area (Å²) in [6.07, 6.45) is 1.63. The quantitative estimate of drug-likeness (QED) is 0.764. The minimum absolute atomic E-state index is 0.275. The van der Waals surface area contributed by atoms with Gasteiger partial charge in [-0.1, -0.05) is 11.6 Å². The monoisotopic (exact) mass is 236 g/mol. The molecule has 0 saturated heterocycles. The normalized spacial score (nSPS) is 13.1. The largest absolute Gasteiger partial charge is 0.454 e. The zero-order valence-corrected chi connectivity index (χ0v) is 9.36. The number of hydrogen-bond donors (Lipinski definition) is 0. The highest BCUT2D eigenvalue weighted by atomic mass is 35.5. The van der Waals surface area contributed by atoms with Crippen LogP contribution in [0.15, 0.2) is 24.4 Å². The fourth-order valence-electron chi connectivity index (χ4n) is 1.67. The number of benzene rings is 1. The fraction of sp³-hybridized carbons (Fsp3) is 0.182. The van der Waals surface area contributed by atoms with Crippen molar-refractivity contribution >= 4 is 11.6 Å². The van der Waals surface area contributed by atoms with Crippen molar-refractivity contribution in [3.05, 3.63) is 35.1 Å². The second kappa shape index (κ2) is 3.42. The molecule has 4 nitrogen and oxygen atoms in total. The first-order valence-electron chi connectivity index (χ1n) is 4.86. The second-order valence-electron chi connectivity index (χ2n) is 3.53. The minimum Gasteiger partial charge on any atom is -0.454 e. The van der Waals surface area contributed by atoms with Crippen LogP contribution in [0, 0.1) is 6.92 Å². The molecule has 2 aromatic rings. The van der Waals surface area contributed by atoms with Crippen LogP contribution >= 0.6 is 11.6 Å². The molecule has 1 aliphatic rings. The Morgan fingerprint density at radius 3 is 2.88 bits per heavy atom. The van der Waals surface area contributed by atoms with Crippen molar-refractivity contribution in [3.8, 4) is 17.2 Å². The van der Waals surface area contributed by atoms with Gasteiger partial charge in [-0.15, -0.1) is 0 Å². The molecule has 0 amide bonds. The van der Waals surface area contributed by atoms with Gasteiger partial charge in [0.15, 0.2) is 11.5 Å². The summed E-state index contributed by atoms with van der Waals surface area (Å²) < 4.78 is 12.3. The molecule has 0 saturated carbocycles. The highest BCUT2D eigenvalue weighted by molar-refractivity contribution is 6.31. The van der Waals surface area contributed by atoms with Crippen LogP contribution in [0.5, 0.6) is 11.5 Å². The van der Waals surface area contributed by atoms with E-state index in [0.717, 1.165) is 22.9 Å². The molecule has 1 aliphatic heterocycles. The van der Waals surface area contributed by atoms with Crippen molar-refractivity contribution < 1.29 is 9.47 Å². The van der Waals surface area contributed by atoms with Gasteiger partial charge in [0.1, 0.15) is 0 Å². The summed E-state index contributed by atoms with van der Waals surface area (Å²) in [5.74, 6) is 1.50. The van der Waals surface area contributed by atoms with Crippen molar-refractivity contribution in [1.29, 1.82) is 0 Å². The van der Waals surface area contributed by atoms with Gasteiger partial charge >= 0.3 is 0 Å². The lowest BCUT2D eigenvalue weighted by molar-refractivity contribution is 0.174. The molecule has 0 aliphatic carbocycles. The second-order valence-corrected chi connectivity index (χ2v) is 3.93. The molecule has 16 heavy (non-hydrogen) atoms. The predicted octanol–water partition coefficient (Wildman–Crippen LogP) is 2.56. The smallest absolute Gasteiger partial charge is 0.231 e. The van der Waals surface area contributed by atoms with Crippen molar-refractivity contribution in [3.63, 3.8) is 0 Å². The first-order valence-corrected chi connectivity index (χ1v) is 5.23. The van der Waals surface area contributed by atoms with Crippen molar-refractivity contribution in [1.82, 2.24) is 9.78 Å². The van der Waals surface area contributed by atoms with Gasteiger partial charge in [-0.2, -0.15) is 5.10 Å². The molecule has 1 aromatic heterocycles. The molecule has 2 heterocycles. The van der Waals surface area contributed by atoms with Gasteiger partial charge < -0.3 is 9.47 Å². The summed E-state index contributed by atoms with van der Waals surface area (Å²) in [4.78, 5) is 0. The average molecular weight is 237 g/mol. The SMILES string of the molecule is Cc1c(Cl)cnn1-c1ccc2c(c1)OCO2. The zero-order chi connectivity index (χ0) is 11.1. The van der Waals surface area contributed by atoms with Crippen LogP contribution in [-0.4, -0.2) is 16.6 Å². The Kier molecular flexibility index (Phi) is 2.04. The van der Waals surface area contributed by atoms with Gasteiger partial charge in [-0.05, 0) is 19.1 Å². The first-order chi connectivity index (χ1) is 7.75. The van der Waals surface area contributed by atoms with Gasteiger partial charge in [-0.3, -0.25) is 0 Å². The van der Waals surface area contributed by atoms with Crippen LogP contribution in [-0.2, 0) is 0 Å². The summed E-state index contributed by atoms with van der Waals surface area (Å²) in [6.45, 7) is 2.19. The summed E-state index contributed by atoms with van der Waals surface area (Å²) in [5, 5.41) is 4.85. The zero-order valence-electron chi connectivity index (χ0n) is 8.61. The number of ether oxygens (including phenoxy) is 2. The van der Waals surface area contributed by atoms with Gasteiger partial charge in [0.05, 0.1) is 22.6 Å². The lowest BCUT2D eigenvalue weighted by Gasteiger charge is -2.05. The molecule has 0 bridgehead atoms. The molecule has 0 radical (unpaired) electrons. The molecule has 0 spiro atoms. The van der Waals surface area contributed by atoms with Gasteiger partial charge in [0.2, 0.25) is 6.79 Å². The van der Waals surface area contributed by atoms with E-state index in [1.54, 1.807) is 10.9 Å². The standard InChI is InChI=1S/C11H9ClN2O2/c1-7-9(12)5-13-14(7)8-2-3-10-11(4-8)16-6-15-10/h2-5H,6H2,1H3. The van der Waals surface area contributed by atoms with Crippen LogP contribution in [0.3, 0.4) is 0 Å². The summed E-state index contributed by atoms with van der Waals surface area (Å²) in [6, 6.07) is 5.68. The van der Waals surface area contributed by atoms with Gasteiger partial charge in [0, 0.05) is 6.07 Å². The highest BCUT2D eigenvalue weighted by Crippen LogP contribution is 2.34. The Hall–Kier alpha value is -1.68. The van der Waals surface area contributed by atoms with Gasteiger partial charge in [-0.25, -0.2) is 4.68 Å². The molecular formula is C11H9ClN2O2. The third-order valence-electron chi connectivity index (χ3n) is 2.55. The van der Waals surface area contributed by atoms with Crippen LogP contribution in [0.1, 0.15) is 5.69 Å². The third kappa shape index (κ3) is 1.34. The Labute approximate surface area is 97.4 Å². The molecule has 0 N–H and O–H groups in total. The Morgan fingerprint density at radius 2 is 2.12 bits per heavy atom. The van der Waals surface area contributed by atoms with E-state index in [1.165, 1.54) is 0 Å². The van der Waals surface area contributed by atoms with Crippen LogP contribution in [0.25, 0.3) is 5.69 Å². The number of rotatable bonds is 1. The fourth-order valence-corrected chi connectivity index (χ4v) is 1.79. The van der Waals surface area contributed by atoms with E-state index in [1.807, 2.05) is 25.1 Å². The van der Waals surface area contributed by atoms with Crippen molar-refractivity contribution in [2.45, 2.75) is 6.92 Å². The van der Waals surface area contributed by atoms with Crippen LogP contribution in [0.2, 0.25) is 5.02 Å². The maximum Gasteiger partial charge on any atom is 0.231 e. The molecule has 1 aromatic carbocycles. The molecule has 3 rings (SSSR count). The summed E-state index contributed by atoms with van der Waals surface area (Å²) >= 11 is 5.96. The molecule has 0 atom stereocenters. The minimum atomic E-state index is 0.275. The van der Waals surface area contributed by atoms with Crippen LogP contribution < -0.4 is 9.47 Å². The Balaban J connectivity index is 2.10. The van der Waals surface area contributed by atoms with Crippen molar-refractivity contribution in [2.75, 3.05) is 6.79 Å². The number of halogens is 1. The topological polar surface area (TPSA) is 36.3 Å². The van der Waals surface area contributed by atoms with E-state index in [4.69, 9.17) is 21.1 Å². The Morgan fingerprint density at radius 1 is 1.31 bits per heavy atom. The number of aromatic nitrogens is 2. The highest BCUT2D eigenvalue weighted by Gasteiger charge is 2.15. The van der Waals surface area contributed by atoms with E-state index >= 15 is 0 Å². The molecule has 82 valence electrons. The molecular weight excluding hydrogens is 228 g/mol. The summed E-state index contributed by atoms with van der Waals surface area (Å²) in [7, 11) is 0. The first kappa shape index (κ1) is 9.54. The third-order valence-corrected chi connectivity index (χ3v) is 2.92. The maximum absolute atomic E-state index is 5.96. The van der Waals surface area contributed by atoms with E-state index in [0.29, 0.717) is 5.02 Å². The molecule has 0 fully saturated rings. The average Bonchev–Trinajstić information content (AvgIpc) is 2.86. The van der Waals surface area contributed by atoms with E-state index in [9.17, 15) is 0 Å². The van der Waals surface area contributed by atoms with E-state index in [-0.39, 0.29) is 6.79 Å². The lowest BCUT2D eigenvalue weighted by atomic mass is 10.3. The molecule has 5 heteroatoms. The van der Waals surface area contributed by atoms with Crippen molar-refractivity contribution in [2.24, 2.45) is 0 Å². The lowest BCUT2D eigenvalue weighted by Crippen LogP contribution is -1.98. The van der Waals surface area contributed by atoms with E-state index in [2.05, 4.69) is 5.10 Å². The van der Waals surface area contributed by atoms with E-state index < -0.39 is 0 Å². The summed E-state index contributed by atoms with van der Waals surface area (Å²) in [5.41, 5.74) is 1.81. The predicted molar refractivity (Wildman–Crippen MR) is 59.4 cm³/mol. The number of hydrogen-bond acceptors (Lipinski definition) is 3. The number of fused-ring (bicyclic) bond motifs is 1. The van der Waals surface area contributed by atoms with Gasteiger partial charge in [0.25, 0.3) is 0 Å².